The molecule has 0 saturated heterocycles. The van der Waals surface area contributed by atoms with Gasteiger partial charge in [-0.2, -0.15) is 4.99 Å². The Hall–Kier alpha value is -2.17. The molecule has 1 aromatic carbocycles. The Kier molecular flexibility index (Phi) is 4.87. The van der Waals surface area contributed by atoms with Crippen molar-refractivity contribution in [2.45, 2.75) is 6.42 Å². The number of esters is 1. The molecular formula is C12H13NO4. The minimum atomic E-state index is -0.818. The van der Waals surface area contributed by atoms with Crippen molar-refractivity contribution in [2.24, 2.45) is 4.99 Å². The molecule has 0 aliphatic carbocycles. The monoisotopic (exact) mass is 235 g/mol. The number of carbonyl (C=O) groups is 2. The van der Waals surface area contributed by atoms with Crippen molar-refractivity contribution in [1.29, 1.82) is 0 Å². The number of ether oxygens (including phenoxy) is 2. The predicted octanol–water partition coefficient (Wildman–Crippen LogP) is 1.61. The quantitative estimate of drug-likeness (QED) is 0.589. The molecule has 0 aromatic heterocycles. The number of amides is 1. The number of hydrogen-bond donors (Lipinski definition) is 0. The maximum Gasteiger partial charge on any atom is 0.433 e. The van der Waals surface area contributed by atoms with Crippen molar-refractivity contribution in [3.8, 4) is 0 Å². The second kappa shape index (κ2) is 6.42. The van der Waals surface area contributed by atoms with Crippen LogP contribution < -0.4 is 0 Å². The molecule has 0 N–H and O–H groups in total. The molecule has 0 unspecified atom stereocenters. The van der Waals surface area contributed by atoms with E-state index in [-0.39, 0.29) is 12.1 Å². The van der Waals surface area contributed by atoms with Gasteiger partial charge in [0.1, 0.15) is 5.71 Å². The maximum atomic E-state index is 11.4. The number of hydrogen-bond acceptors (Lipinski definition) is 4. The van der Waals surface area contributed by atoms with E-state index >= 15 is 0 Å². The van der Waals surface area contributed by atoms with Crippen LogP contribution in [0.2, 0.25) is 0 Å². The van der Waals surface area contributed by atoms with Gasteiger partial charge in [0.05, 0.1) is 14.2 Å². The van der Waals surface area contributed by atoms with E-state index in [2.05, 4.69) is 14.5 Å². The summed E-state index contributed by atoms with van der Waals surface area (Å²) in [5, 5.41) is 0. The molecule has 5 heteroatoms. The molecule has 0 bridgehead atoms. The number of carbonyl (C=O) groups excluding carboxylic acids is 2. The summed E-state index contributed by atoms with van der Waals surface area (Å²) in [6.45, 7) is 0. The number of aliphatic imine (C=N–C) groups is 1. The average molecular weight is 235 g/mol. The van der Waals surface area contributed by atoms with Gasteiger partial charge in [0.25, 0.3) is 0 Å². The van der Waals surface area contributed by atoms with Gasteiger partial charge in [-0.1, -0.05) is 30.3 Å². The second-order valence-electron chi connectivity index (χ2n) is 3.18. The van der Waals surface area contributed by atoms with E-state index in [0.29, 0.717) is 0 Å². The average Bonchev–Trinajstić information content (AvgIpc) is 2.38. The highest BCUT2D eigenvalue weighted by molar-refractivity contribution is 6.38. The molecule has 0 aliphatic heterocycles. The van der Waals surface area contributed by atoms with Crippen LogP contribution >= 0.6 is 0 Å². The van der Waals surface area contributed by atoms with Crippen LogP contribution in [-0.4, -0.2) is 32.0 Å². The van der Waals surface area contributed by atoms with E-state index in [1.807, 2.05) is 30.3 Å². The van der Waals surface area contributed by atoms with Gasteiger partial charge in [0, 0.05) is 6.42 Å². The third-order valence-corrected chi connectivity index (χ3v) is 2.04. The maximum absolute atomic E-state index is 11.4. The first-order chi connectivity index (χ1) is 8.17. The summed E-state index contributed by atoms with van der Waals surface area (Å²) in [6.07, 6.45) is -0.593. The summed E-state index contributed by atoms with van der Waals surface area (Å²) >= 11 is 0. The molecule has 0 radical (unpaired) electrons. The topological polar surface area (TPSA) is 65.0 Å². The predicted molar refractivity (Wildman–Crippen MR) is 62.0 cm³/mol. The van der Waals surface area contributed by atoms with Crippen molar-refractivity contribution in [2.75, 3.05) is 14.2 Å². The third-order valence-electron chi connectivity index (χ3n) is 2.04. The Labute approximate surface area is 99.1 Å². The fourth-order valence-corrected chi connectivity index (χ4v) is 1.22. The highest BCUT2D eigenvalue weighted by Gasteiger charge is 2.14. The lowest BCUT2D eigenvalue weighted by atomic mass is 10.1. The lowest BCUT2D eigenvalue weighted by Gasteiger charge is -2.03. The van der Waals surface area contributed by atoms with E-state index in [1.165, 1.54) is 14.2 Å². The molecule has 1 amide bonds. The number of rotatable bonds is 3. The van der Waals surface area contributed by atoms with E-state index in [4.69, 9.17) is 0 Å². The number of nitrogens with zero attached hydrogens (tertiary/aromatic N) is 1. The molecule has 90 valence electrons. The Morgan fingerprint density at radius 2 is 1.76 bits per heavy atom. The standard InChI is InChI=1S/C12H13NO4/c1-16-11(14)10(13-12(15)17-2)8-9-6-4-3-5-7-9/h3-7H,8H2,1-2H3. The van der Waals surface area contributed by atoms with E-state index in [1.54, 1.807) is 0 Å². The van der Waals surface area contributed by atoms with Gasteiger partial charge in [-0.15, -0.1) is 0 Å². The second-order valence-corrected chi connectivity index (χ2v) is 3.18. The fourth-order valence-electron chi connectivity index (χ4n) is 1.22. The highest BCUT2D eigenvalue weighted by atomic mass is 16.5. The molecule has 1 rings (SSSR count). The Balaban J connectivity index is 2.89. The number of benzene rings is 1. The largest absolute Gasteiger partial charge is 0.465 e. The Morgan fingerprint density at radius 1 is 1.12 bits per heavy atom. The SMILES string of the molecule is COC(=O)N=C(Cc1ccccc1)C(=O)OC. The zero-order valence-electron chi connectivity index (χ0n) is 9.67. The summed E-state index contributed by atoms with van der Waals surface area (Å²) in [6, 6.07) is 9.19. The van der Waals surface area contributed by atoms with Crippen LogP contribution in [0.5, 0.6) is 0 Å². The van der Waals surface area contributed by atoms with Gasteiger partial charge in [-0.3, -0.25) is 0 Å². The summed E-state index contributed by atoms with van der Waals surface area (Å²) in [5.41, 5.74) is 0.881. The van der Waals surface area contributed by atoms with Crippen LogP contribution in [0.4, 0.5) is 4.79 Å². The van der Waals surface area contributed by atoms with Gasteiger partial charge in [0.15, 0.2) is 0 Å². The first-order valence-electron chi connectivity index (χ1n) is 4.95. The molecular weight excluding hydrogens is 222 g/mol. The minimum Gasteiger partial charge on any atom is -0.465 e. The van der Waals surface area contributed by atoms with Crippen LogP contribution in [0.15, 0.2) is 35.3 Å². The van der Waals surface area contributed by atoms with Gasteiger partial charge < -0.3 is 9.47 Å². The summed E-state index contributed by atoms with van der Waals surface area (Å²) < 4.78 is 8.93. The molecule has 0 heterocycles. The van der Waals surface area contributed by atoms with Gasteiger partial charge >= 0.3 is 12.1 Å². The van der Waals surface area contributed by atoms with Crippen LogP contribution in [0.3, 0.4) is 0 Å². The highest BCUT2D eigenvalue weighted by Crippen LogP contribution is 2.03. The normalized spacial score (nSPS) is 10.8. The molecule has 0 spiro atoms. The minimum absolute atomic E-state index is 0.0190. The molecule has 0 aliphatic rings. The smallest absolute Gasteiger partial charge is 0.433 e. The van der Waals surface area contributed by atoms with Gasteiger partial charge in [-0.05, 0) is 5.56 Å². The zero-order chi connectivity index (χ0) is 12.7. The molecule has 1 aromatic rings. The molecule has 0 saturated carbocycles. The summed E-state index contributed by atoms with van der Waals surface area (Å²) in [7, 11) is 2.43. The van der Waals surface area contributed by atoms with Crippen molar-refractivity contribution in [3.05, 3.63) is 35.9 Å². The van der Waals surface area contributed by atoms with Crippen molar-refractivity contribution < 1.29 is 19.1 Å². The van der Waals surface area contributed by atoms with E-state index in [0.717, 1.165) is 5.56 Å². The van der Waals surface area contributed by atoms with Gasteiger partial charge in [0.2, 0.25) is 0 Å². The van der Waals surface area contributed by atoms with Crippen molar-refractivity contribution >= 4 is 17.8 Å². The number of methoxy groups -OCH3 is 2. The molecule has 0 atom stereocenters. The van der Waals surface area contributed by atoms with Crippen LogP contribution in [0.1, 0.15) is 5.56 Å². The zero-order valence-corrected chi connectivity index (χ0v) is 9.67. The molecule has 17 heavy (non-hydrogen) atoms. The molecule has 5 nitrogen and oxygen atoms in total. The first-order valence-corrected chi connectivity index (χ1v) is 4.95. The van der Waals surface area contributed by atoms with Crippen LogP contribution in [-0.2, 0) is 20.7 Å². The first kappa shape index (κ1) is 12.9. The lowest BCUT2D eigenvalue weighted by molar-refractivity contribution is -0.132. The fraction of sp³-hybridized carbons (Fsp3) is 0.250. The van der Waals surface area contributed by atoms with Crippen LogP contribution in [0.25, 0.3) is 0 Å². The van der Waals surface area contributed by atoms with Gasteiger partial charge in [-0.25, -0.2) is 9.59 Å². The summed E-state index contributed by atoms with van der Waals surface area (Å²) in [4.78, 5) is 26.0. The molecule has 0 fully saturated rings. The van der Waals surface area contributed by atoms with E-state index in [9.17, 15) is 9.59 Å². The van der Waals surface area contributed by atoms with E-state index < -0.39 is 12.1 Å². The lowest BCUT2D eigenvalue weighted by Crippen LogP contribution is -2.20. The third kappa shape index (κ3) is 4.06. The van der Waals surface area contributed by atoms with Crippen molar-refractivity contribution in [3.63, 3.8) is 0 Å². The Bertz CT molecular complexity index is 425. The van der Waals surface area contributed by atoms with Crippen LogP contribution in [0, 0.1) is 0 Å². The summed E-state index contributed by atoms with van der Waals surface area (Å²) in [5.74, 6) is -0.640. The van der Waals surface area contributed by atoms with Crippen molar-refractivity contribution in [1.82, 2.24) is 0 Å². The Morgan fingerprint density at radius 3 is 2.29 bits per heavy atom.